The van der Waals surface area contributed by atoms with E-state index in [1.54, 1.807) is 18.3 Å². The molecule has 3 rings (SSSR count). The van der Waals surface area contributed by atoms with Crippen molar-refractivity contribution in [3.8, 4) is 17.1 Å². The molecular weight excluding hydrogens is 407 g/mol. The zero-order valence-electron chi connectivity index (χ0n) is 15.5. The molecule has 29 heavy (non-hydrogen) atoms. The minimum Gasteiger partial charge on any atom is -0.404 e. The molecule has 0 saturated carbocycles. The van der Waals surface area contributed by atoms with E-state index in [9.17, 15) is 13.2 Å². The number of halogens is 4. The third kappa shape index (κ3) is 5.95. The number of nitrogens with zero attached hydrogens (tertiary/aromatic N) is 3. The van der Waals surface area contributed by atoms with Gasteiger partial charge in [-0.15, -0.1) is 13.2 Å². The van der Waals surface area contributed by atoms with Gasteiger partial charge in [0.1, 0.15) is 11.6 Å². The molecule has 152 valence electrons. The van der Waals surface area contributed by atoms with Crippen molar-refractivity contribution in [1.29, 1.82) is 0 Å². The second-order valence-corrected chi connectivity index (χ2v) is 6.70. The Morgan fingerprint density at radius 1 is 1.03 bits per heavy atom. The number of alkyl halides is 3. The molecule has 0 unspecified atom stereocenters. The van der Waals surface area contributed by atoms with Crippen LogP contribution in [0, 0.1) is 0 Å². The first-order chi connectivity index (χ1) is 13.7. The van der Waals surface area contributed by atoms with Gasteiger partial charge in [0.2, 0.25) is 5.95 Å². The number of hydrogen-bond donors (Lipinski definition) is 2. The average Bonchev–Trinajstić information content (AvgIpc) is 2.63. The van der Waals surface area contributed by atoms with Crippen LogP contribution in [0.2, 0.25) is 5.02 Å². The molecule has 0 aliphatic heterocycles. The minimum absolute atomic E-state index is 0.0927. The number of anilines is 3. The van der Waals surface area contributed by atoms with Crippen LogP contribution < -0.4 is 15.4 Å². The van der Waals surface area contributed by atoms with Crippen molar-refractivity contribution >= 4 is 29.1 Å². The molecule has 2 N–H and O–H groups in total. The van der Waals surface area contributed by atoms with E-state index >= 15 is 0 Å². The summed E-state index contributed by atoms with van der Waals surface area (Å²) >= 11 is 5.91. The van der Waals surface area contributed by atoms with E-state index in [1.807, 2.05) is 26.0 Å². The van der Waals surface area contributed by atoms with E-state index < -0.39 is 12.1 Å². The smallest absolute Gasteiger partial charge is 0.404 e. The van der Waals surface area contributed by atoms with Crippen molar-refractivity contribution in [1.82, 2.24) is 15.0 Å². The first-order valence-electron chi connectivity index (χ1n) is 8.59. The predicted octanol–water partition coefficient (Wildman–Crippen LogP) is 5.65. The van der Waals surface area contributed by atoms with Crippen molar-refractivity contribution in [2.75, 3.05) is 10.6 Å². The van der Waals surface area contributed by atoms with E-state index in [2.05, 4.69) is 30.3 Å². The van der Waals surface area contributed by atoms with Crippen LogP contribution in [0.25, 0.3) is 11.4 Å². The van der Waals surface area contributed by atoms with Gasteiger partial charge in [-0.2, -0.15) is 4.98 Å². The van der Waals surface area contributed by atoms with Crippen molar-refractivity contribution in [2.24, 2.45) is 0 Å². The molecule has 0 radical (unpaired) electrons. The summed E-state index contributed by atoms with van der Waals surface area (Å²) in [6.07, 6.45) is -3.17. The Labute approximate surface area is 170 Å². The van der Waals surface area contributed by atoms with Crippen LogP contribution in [0.15, 0.2) is 48.7 Å². The van der Waals surface area contributed by atoms with E-state index in [0.717, 1.165) is 6.07 Å². The molecule has 0 aliphatic rings. The van der Waals surface area contributed by atoms with E-state index in [4.69, 9.17) is 11.6 Å². The highest BCUT2D eigenvalue weighted by atomic mass is 35.5. The summed E-state index contributed by atoms with van der Waals surface area (Å²) in [6.45, 7) is 3.89. The Bertz CT molecular complexity index is 983. The van der Waals surface area contributed by atoms with Gasteiger partial charge in [-0.05, 0) is 44.2 Å². The Morgan fingerprint density at radius 2 is 1.83 bits per heavy atom. The van der Waals surface area contributed by atoms with Crippen LogP contribution in [-0.4, -0.2) is 27.4 Å². The van der Waals surface area contributed by atoms with Gasteiger partial charge >= 0.3 is 6.36 Å². The van der Waals surface area contributed by atoms with Gasteiger partial charge < -0.3 is 15.4 Å². The normalized spacial score (nSPS) is 11.4. The summed E-state index contributed by atoms with van der Waals surface area (Å²) in [5, 5.41) is 5.96. The second kappa shape index (κ2) is 8.52. The number of pyridine rings is 1. The fourth-order valence-corrected chi connectivity index (χ4v) is 2.63. The minimum atomic E-state index is -4.82. The number of benzene rings is 1. The number of hydrogen-bond acceptors (Lipinski definition) is 6. The van der Waals surface area contributed by atoms with Crippen molar-refractivity contribution in [2.45, 2.75) is 26.3 Å². The Kier molecular flexibility index (Phi) is 6.07. The fraction of sp³-hybridized carbons (Fsp3) is 0.211. The first-order valence-corrected chi connectivity index (χ1v) is 8.97. The molecule has 0 bridgehead atoms. The Hall–Kier alpha value is -3.07. The zero-order chi connectivity index (χ0) is 21.0. The van der Waals surface area contributed by atoms with Crippen molar-refractivity contribution < 1.29 is 17.9 Å². The summed E-state index contributed by atoms with van der Waals surface area (Å²) in [6, 6.07) is 11.1. The van der Waals surface area contributed by atoms with Gasteiger partial charge in [0, 0.05) is 24.0 Å². The topological polar surface area (TPSA) is 72.0 Å². The molecule has 10 heteroatoms. The Balaban J connectivity index is 1.91. The summed E-state index contributed by atoms with van der Waals surface area (Å²) in [7, 11) is 0. The third-order valence-corrected chi connectivity index (χ3v) is 3.80. The lowest BCUT2D eigenvalue weighted by atomic mass is 10.2. The highest BCUT2D eigenvalue weighted by Crippen LogP contribution is 2.33. The average molecular weight is 424 g/mol. The highest BCUT2D eigenvalue weighted by molar-refractivity contribution is 6.32. The summed E-state index contributed by atoms with van der Waals surface area (Å²) in [4.78, 5) is 13.1. The monoisotopic (exact) mass is 423 g/mol. The molecule has 6 nitrogen and oxygen atoms in total. The van der Waals surface area contributed by atoms with Crippen molar-refractivity contribution in [3.05, 3.63) is 53.7 Å². The van der Waals surface area contributed by atoms with Gasteiger partial charge in [0.15, 0.2) is 0 Å². The quantitative estimate of drug-likeness (QED) is 0.533. The van der Waals surface area contributed by atoms with Crippen LogP contribution in [0.5, 0.6) is 5.75 Å². The maximum Gasteiger partial charge on any atom is 0.573 e. The van der Waals surface area contributed by atoms with Crippen LogP contribution in [-0.2, 0) is 0 Å². The van der Waals surface area contributed by atoms with E-state index in [1.165, 1.54) is 12.1 Å². The summed E-state index contributed by atoms with van der Waals surface area (Å²) in [5.74, 6) is 0.321. The zero-order valence-corrected chi connectivity index (χ0v) is 16.2. The van der Waals surface area contributed by atoms with Crippen LogP contribution in [0.4, 0.5) is 30.6 Å². The lowest BCUT2D eigenvalue weighted by molar-refractivity contribution is -0.274. The number of nitrogens with one attached hydrogen (secondary N) is 2. The van der Waals surface area contributed by atoms with Gasteiger partial charge in [-0.1, -0.05) is 17.7 Å². The molecule has 1 aromatic carbocycles. The summed E-state index contributed by atoms with van der Waals surface area (Å²) < 4.78 is 41.1. The first kappa shape index (κ1) is 20.7. The number of rotatable bonds is 6. The predicted molar refractivity (Wildman–Crippen MR) is 105 cm³/mol. The maximum atomic E-state index is 12.4. The molecule has 2 heterocycles. The molecule has 3 aromatic rings. The molecule has 0 aliphatic carbocycles. The van der Waals surface area contributed by atoms with Crippen LogP contribution in [0.1, 0.15) is 13.8 Å². The standard InChI is InChI=1S/C19H17ClF3N5O/c1-11(2)25-18-27-15(14-5-3-4-8-24-14)10-17(28-18)26-12-6-7-16(13(20)9-12)29-19(21,22)23/h3-11H,1-2H3,(H2,25,26,27,28). The second-order valence-electron chi connectivity index (χ2n) is 6.29. The lowest BCUT2D eigenvalue weighted by Crippen LogP contribution is -2.17. The van der Waals surface area contributed by atoms with Gasteiger partial charge in [0.25, 0.3) is 0 Å². The van der Waals surface area contributed by atoms with Gasteiger partial charge in [0.05, 0.1) is 16.4 Å². The molecule has 2 aromatic heterocycles. The van der Waals surface area contributed by atoms with Gasteiger partial charge in [-0.3, -0.25) is 4.98 Å². The van der Waals surface area contributed by atoms with Crippen molar-refractivity contribution in [3.63, 3.8) is 0 Å². The Morgan fingerprint density at radius 3 is 2.45 bits per heavy atom. The SMILES string of the molecule is CC(C)Nc1nc(Nc2ccc(OC(F)(F)F)c(Cl)c2)cc(-c2ccccn2)n1. The van der Waals surface area contributed by atoms with Crippen LogP contribution >= 0.6 is 11.6 Å². The molecular formula is C19H17ClF3N5O. The number of ether oxygens (including phenoxy) is 1. The lowest BCUT2D eigenvalue weighted by Gasteiger charge is -2.14. The molecule has 0 atom stereocenters. The fourth-order valence-electron chi connectivity index (χ4n) is 2.41. The highest BCUT2D eigenvalue weighted by Gasteiger charge is 2.32. The van der Waals surface area contributed by atoms with Crippen LogP contribution in [0.3, 0.4) is 0 Å². The largest absolute Gasteiger partial charge is 0.573 e. The number of aromatic nitrogens is 3. The molecule has 0 saturated heterocycles. The summed E-state index contributed by atoms with van der Waals surface area (Å²) in [5.41, 5.74) is 1.66. The third-order valence-electron chi connectivity index (χ3n) is 3.50. The molecule has 0 fully saturated rings. The van der Waals surface area contributed by atoms with E-state index in [-0.39, 0.29) is 11.1 Å². The molecule has 0 spiro atoms. The molecule has 0 amide bonds. The van der Waals surface area contributed by atoms with E-state index in [0.29, 0.717) is 28.8 Å². The maximum absolute atomic E-state index is 12.4. The van der Waals surface area contributed by atoms with Gasteiger partial charge in [-0.25, -0.2) is 4.98 Å².